The van der Waals surface area contributed by atoms with Gasteiger partial charge in [0.05, 0.1) is 19.5 Å². The number of carbonyl (C=O) groups is 3. The number of carbonyl (C=O) groups excluding carboxylic acids is 3. The summed E-state index contributed by atoms with van der Waals surface area (Å²) < 4.78 is 62.2. The highest BCUT2D eigenvalue weighted by molar-refractivity contribution is 8.13. The van der Waals surface area contributed by atoms with Gasteiger partial charge in [-0.05, 0) is 19.3 Å². The summed E-state index contributed by atoms with van der Waals surface area (Å²) in [5.41, 5.74) is 4.27. The van der Waals surface area contributed by atoms with E-state index >= 15 is 0 Å². The molecule has 7 atom stereocenters. The minimum Gasteiger partial charge on any atom is -0.386 e. The van der Waals surface area contributed by atoms with E-state index in [0.29, 0.717) is 18.6 Å². The van der Waals surface area contributed by atoms with E-state index in [2.05, 4.69) is 47.4 Å². The molecule has 1 saturated heterocycles. The molecule has 2 aromatic rings. The fourth-order valence-corrected chi connectivity index (χ4v) is 9.02. The number of ether oxygens (including phenoxy) is 1. The highest BCUT2D eigenvalue weighted by Crippen LogP contribution is 2.61. The molecule has 0 aliphatic carbocycles. The number of aromatic nitrogens is 4. The molecule has 0 radical (unpaired) electrons. The summed E-state index contributed by atoms with van der Waals surface area (Å²) in [5, 5.41) is 26.5. The lowest BCUT2D eigenvalue weighted by Crippen LogP contribution is -2.46. The van der Waals surface area contributed by atoms with Crippen LogP contribution in [0.1, 0.15) is 78.4 Å². The van der Waals surface area contributed by atoms with Crippen LogP contribution in [-0.4, -0.2) is 123 Å². The fraction of sp³-hybridized carbons (Fsp3) is 0.688. The van der Waals surface area contributed by atoms with Crippen LogP contribution in [0.15, 0.2) is 24.8 Å². The number of imidazole rings is 1. The monoisotopic (exact) mass is 933 g/mol. The second-order valence-electron chi connectivity index (χ2n) is 14.1. The van der Waals surface area contributed by atoms with E-state index in [1.807, 2.05) is 6.08 Å². The molecule has 1 aliphatic heterocycles. The molecule has 2 unspecified atom stereocenters. The van der Waals surface area contributed by atoms with Crippen molar-refractivity contribution in [3.8, 4) is 0 Å². The smallest absolute Gasteiger partial charge is 0.386 e. The predicted molar refractivity (Wildman–Crippen MR) is 214 cm³/mol. The van der Waals surface area contributed by atoms with Crippen molar-refractivity contribution in [2.24, 2.45) is 5.41 Å². The molecular formula is C32H54N7O17P3S. The quantitative estimate of drug-likeness (QED) is 0.0351. The third kappa shape index (κ3) is 17.2. The van der Waals surface area contributed by atoms with Crippen molar-refractivity contribution in [3.05, 3.63) is 24.8 Å². The van der Waals surface area contributed by atoms with Crippen molar-refractivity contribution in [2.75, 3.05) is 37.8 Å². The van der Waals surface area contributed by atoms with Crippen molar-refractivity contribution in [2.45, 2.75) is 103 Å². The van der Waals surface area contributed by atoms with Crippen molar-refractivity contribution in [3.63, 3.8) is 0 Å². The number of thioether (sulfide) groups is 1. The molecular weight excluding hydrogens is 879 g/mol. The molecule has 2 aromatic heterocycles. The minimum atomic E-state index is -5.57. The number of rotatable bonds is 27. The van der Waals surface area contributed by atoms with Gasteiger partial charge in [0.15, 0.2) is 22.8 Å². The maximum atomic E-state index is 12.7. The zero-order valence-corrected chi connectivity index (χ0v) is 36.7. The van der Waals surface area contributed by atoms with E-state index in [9.17, 15) is 57.9 Å². The number of nitrogens with zero attached hydrogens (tertiary/aromatic N) is 4. The number of nitrogens with two attached hydrogens (primary N) is 1. The molecule has 24 nitrogen and oxygen atoms in total. The van der Waals surface area contributed by atoms with E-state index in [1.54, 1.807) is 0 Å². The van der Waals surface area contributed by atoms with Crippen LogP contribution in [0, 0.1) is 5.41 Å². The number of unbranched alkanes of at least 4 members (excludes halogenated alkanes) is 4. The van der Waals surface area contributed by atoms with Gasteiger partial charge in [-0.2, -0.15) is 4.31 Å². The third-order valence-corrected chi connectivity index (χ3v) is 12.7. The molecule has 28 heteroatoms. The first-order valence-electron chi connectivity index (χ1n) is 18.8. The van der Waals surface area contributed by atoms with Gasteiger partial charge in [0.25, 0.3) is 0 Å². The van der Waals surface area contributed by atoms with Crippen LogP contribution in [0.2, 0.25) is 0 Å². The second kappa shape index (κ2) is 23.7. The number of hydrogen-bond acceptors (Lipinski definition) is 18. The maximum Gasteiger partial charge on any atom is 0.481 e. The molecule has 0 spiro atoms. The number of amides is 2. The Morgan fingerprint density at radius 3 is 2.40 bits per heavy atom. The number of aliphatic hydroxyl groups is 2. The normalized spacial score (nSPS) is 21.1. The number of phosphoric ester groups is 3. The van der Waals surface area contributed by atoms with Gasteiger partial charge in [-0.3, -0.25) is 32.5 Å². The number of aliphatic hydroxyl groups excluding tert-OH is 2. The summed E-state index contributed by atoms with van der Waals surface area (Å²) in [6.07, 6.45) is 3.98. The number of phosphoric acid groups is 3. The van der Waals surface area contributed by atoms with E-state index in [-0.39, 0.29) is 41.6 Å². The highest BCUT2D eigenvalue weighted by Gasteiger charge is 2.50. The molecule has 0 aromatic carbocycles. The molecule has 340 valence electrons. The summed E-state index contributed by atoms with van der Waals surface area (Å²) in [5.74, 6) is -1.07. The number of hydrogen-bond donors (Lipinski definition) is 9. The van der Waals surface area contributed by atoms with E-state index in [4.69, 9.17) is 19.5 Å². The van der Waals surface area contributed by atoms with Crippen molar-refractivity contribution >= 4 is 69.1 Å². The largest absolute Gasteiger partial charge is 0.481 e. The summed E-state index contributed by atoms with van der Waals surface area (Å²) in [7, 11) is -16.4. The molecule has 1 aliphatic rings. The van der Waals surface area contributed by atoms with Gasteiger partial charge in [0.1, 0.15) is 36.3 Å². The Bertz CT molecular complexity index is 1920. The lowest BCUT2D eigenvalue weighted by atomic mass is 9.87. The van der Waals surface area contributed by atoms with E-state index < -0.39 is 84.6 Å². The summed E-state index contributed by atoms with van der Waals surface area (Å²) >= 11 is 1.11. The Morgan fingerprint density at radius 1 is 1.00 bits per heavy atom. The van der Waals surface area contributed by atoms with Crippen LogP contribution in [-0.2, 0) is 50.7 Å². The van der Waals surface area contributed by atoms with Crippen molar-refractivity contribution in [1.82, 2.24) is 30.2 Å². The standard InChI is InChI=1S/C32H54N7O17P3S/c1-4-5-6-7-8-9-10-11-12-23(41)60-16-15-34-22(40)13-14-35-30(44)27(43)32(2,3)18-53-59(50,51)56-58(48,49)52-17-21-26(55-57(45,46)47)25(42)31(54-21)39-20-38-24-28(33)36-19-37-29(24)39/h9-10,19-21,25-27,31,42-43H,4-8,11-18H2,1-3H3,(H,34,40)(H,35,44)(H,48,49)(H,50,51)(H2,33,36,37)(H2,45,46,47)/b10-9-/t21-,25-,26-,27+,31-/m1/s1. The Labute approximate surface area is 349 Å². The minimum absolute atomic E-state index is 0.0109. The lowest BCUT2D eigenvalue weighted by molar-refractivity contribution is -0.137. The summed E-state index contributed by atoms with van der Waals surface area (Å²) in [6, 6.07) is 0. The number of anilines is 1. The Balaban J connectivity index is 1.41. The summed E-state index contributed by atoms with van der Waals surface area (Å²) in [4.78, 5) is 87.9. The predicted octanol–water partition coefficient (Wildman–Crippen LogP) is 1.97. The Hall–Kier alpha value is -2.70. The van der Waals surface area contributed by atoms with Crippen molar-refractivity contribution < 1.29 is 80.5 Å². The molecule has 0 bridgehead atoms. The maximum absolute atomic E-state index is 12.7. The average Bonchev–Trinajstić information content (AvgIpc) is 3.72. The van der Waals surface area contributed by atoms with Gasteiger partial charge >= 0.3 is 23.5 Å². The van der Waals surface area contributed by atoms with Crippen LogP contribution in [0.5, 0.6) is 0 Å². The lowest BCUT2D eigenvalue weighted by Gasteiger charge is -2.30. The zero-order chi connectivity index (χ0) is 44.7. The topological polar surface area (TPSA) is 364 Å². The van der Waals surface area contributed by atoms with E-state index in [1.165, 1.54) is 33.1 Å². The van der Waals surface area contributed by atoms with Crippen LogP contribution < -0.4 is 16.4 Å². The van der Waals surface area contributed by atoms with Crippen molar-refractivity contribution in [1.29, 1.82) is 0 Å². The average molecular weight is 934 g/mol. The fourth-order valence-electron chi connectivity index (χ4n) is 5.49. The first kappa shape index (κ1) is 51.6. The molecule has 10 N–H and O–H groups in total. The number of nitrogen functional groups attached to an aromatic ring is 1. The van der Waals surface area contributed by atoms with Crippen LogP contribution in [0.25, 0.3) is 11.2 Å². The molecule has 3 heterocycles. The van der Waals surface area contributed by atoms with E-state index in [0.717, 1.165) is 41.8 Å². The third-order valence-electron chi connectivity index (χ3n) is 8.67. The zero-order valence-electron chi connectivity index (χ0n) is 33.2. The molecule has 60 heavy (non-hydrogen) atoms. The number of nitrogens with one attached hydrogen (secondary N) is 2. The number of fused-ring (bicyclic) bond motifs is 1. The van der Waals surface area contributed by atoms with Gasteiger partial charge in [-0.25, -0.2) is 28.6 Å². The Morgan fingerprint density at radius 2 is 1.70 bits per heavy atom. The first-order valence-corrected chi connectivity index (χ1v) is 24.3. The first-order chi connectivity index (χ1) is 28.1. The van der Waals surface area contributed by atoms with Gasteiger partial charge < -0.3 is 50.9 Å². The number of allylic oxidation sites excluding steroid dienone is 2. The SMILES string of the molecule is CCCCCC/C=C\CCC(=O)SCCNC(=O)CCNC(=O)[C@H](O)C(C)(C)COP(=O)(O)OP(=O)(O)OC[C@H]1O[C@@H](n2cnc3c(N)ncnc32)[C@H](O)[C@@H]1OP(=O)(O)O. The summed E-state index contributed by atoms with van der Waals surface area (Å²) in [6.45, 7) is 2.69. The van der Waals surface area contributed by atoms with Gasteiger partial charge in [0.2, 0.25) is 11.8 Å². The molecule has 3 rings (SSSR count). The highest BCUT2D eigenvalue weighted by atomic mass is 32.2. The van der Waals surface area contributed by atoms with Gasteiger partial charge in [-0.15, -0.1) is 0 Å². The van der Waals surface area contributed by atoms with Crippen LogP contribution >= 0.6 is 35.2 Å². The van der Waals surface area contributed by atoms with Crippen LogP contribution in [0.3, 0.4) is 0 Å². The molecule has 0 saturated carbocycles. The van der Waals surface area contributed by atoms with Crippen LogP contribution in [0.4, 0.5) is 5.82 Å². The molecule has 1 fully saturated rings. The molecule has 2 amide bonds. The second-order valence-corrected chi connectivity index (χ2v) is 19.5. The van der Waals surface area contributed by atoms with Gasteiger partial charge in [0, 0.05) is 37.1 Å². The Kier molecular flexibility index (Phi) is 20.4. The van der Waals surface area contributed by atoms with Gasteiger partial charge in [-0.1, -0.05) is 63.9 Å².